The van der Waals surface area contributed by atoms with E-state index < -0.39 is 5.54 Å². The number of nitrogens with zero attached hydrogens (tertiary/aromatic N) is 2. The molecule has 7 heteroatoms. The fourth-order valence-corrected chi connectivity index (χ4v) is 1.97. The number of likely N-dealkylation sites (N-methyl/N-ethyl adjacent to an activating group) is 1. The third kappa shape index (κ3) is 4.56. The first kappa shape index (κ1) is 15.5. The Bertz CT molecular complexity index is 519. The number of carbonyl (C=O) groups excluding carboxylic acids is 2. The first-order valence-electron chi connectivity index (χ1n) is 7.29. The molecule has 1 saturated carbocycles. The summed E-state index contributed by atoms with van der Waals surface area (Å²) in [6.07, 6.45) is 5.33. The van der Waals surface area contributed by atoms with E-state index in [1.807, 2.05) is 20.8 Å². The lowest BCUT2D eigenvalue weighted by atomic mass is 10.0. The van der Waals surface area contributed by atoms with Crippen molar-refractivity contribution in [1.29, 1.82) is 0 Å². The van der Waals surface area contributed by atoms with Crippen LogP contribution >= 0.6 is 0 Å². The first-order valence-corrected chi connectivity index (χ1v) is 7.29. The fraction of sp³-hybridized carbons (Fsp3) is 0.643. The molecule has 3 N–H and O–H groups in total. The molecule has 1 heterocycles. The molecule has 0 bridgehead atoms. The van der Waals surface area contributed by atoms with E-state index in [2.05, 4.69) is 21.0 Å². The normalized spacial score (nSPS) is 14.8. The zero-order chi connectivity index (χ0) is 15.5. The minimum absolute atomic E-state index is 0.0496. The van der Waals surface area contributed by atoms with E-state index in [1.165, 1.54) is 4.68 Å². The van der Waals surface area contributed by atoms with Crippen LogP contribution in [0.1, 0.15) is 33.6 Å². The number of nitrogens with one attached hydrogen (secondary N) is 3. The molecule has 1 aromatic heterocycles. The molecule has 0 aliphatic heterocycles. The summed E-state index contributed by atoms with van der Waals surface area (Å²) in [6.45, 7) is 6.47. The zero-order valence-corrected chi connectivity index (χ0v) is 12.8. The Kier molecular flexibility index (Phi) is 4.62. The fourth-order valence-electron chi connectivity index (χ4n) is 1.97. The number of anilines is 1. The number of aromatic nitrogens is 2. The van der Waals surface area contributed by atoms with Gasteiger partial charge < -0.3 is 16.0 Å². The number of amides is 2. The quantitative estimate of drug-likeness (QED) is 0.682. The molecule has 0 aromatic carbocycles. The van der Waals surface area contributed by atoms with E-state index in [-0.39, 0.29) is 18.4 Å². The number of hydrogen-bond donors (Lipinski definition) is 3. The van der Waals surface area contributed by atoms with Crippen molar-refractivity contribution < 1.29 is 9.59 Å². The van der Waals surface area contributed by atoms with Crippen molar-refractivity contribution in [2.24, 2.45) is 0 Å². The van der Waals surface area contributed by atoms with Crippen LogP contribution in [0.2, 0.25) is 0 Å². The van der Waals surface area contributed by atoms with E-state index in [4.69, 9.17) is 0 Å². The van der Waals surface area contributed by atoms with Gasteiger partial charge in [-0.1, -0.05) is 6.92 Å². The standard InChI is InChI=1S/C14H23N5O2/c1-4-15-14(2,3)13(21)18-11-7-16-19(8-11)9-12(20)17-10-5-6-10/h7-8,10,15H,4-6,9H2,1-3H3,(H,17,20)(H,18,21). The van der Waals surface area contributed by atoms with Crippen LogP contribution in [0.4, 0.5) is 5.69 Å². The largest absolute Gasteiger partial charge is 0.352 e. The van der Waals surface area contributed by atoms with Crippen LogP contribution in [0.5, 0.6) is 0 Å². The van der Waals surface area contributed by atoms with Crippen molar-refractivity contribution in [3.05, 3.63) is 12.4 Å². The maximum Gasteiger partial charge on any atom is 0.244 e. The van der Waals surface area contributed by atoms with Crippen molar-refractivity contribution in [3.63, 3.8) is 0 Å². The molecule has 21 heavy (non-hydrogen) atoms. The number of hydrogen-bond acceptors (Lipinski definition) is 4. The maximum absolute atomic E-state index is 12.1. The van der Waals surface area contributed by atoms with Gasteiger partial charge in [0.25, 0.3) is 0 Å². The Labute approximate surface area is 124 Å². The summed E-state index contributed by atoms with van der Waals surface area (Å²) < 4.78 is 1.52. The van der Waals surface area contributed by atoms with Gasteiger partial charge in [0, 0.05) is 12.2 Å². The number of rotatable bonds is 7. The summed E-state index contributed by atoms with van der Waals surface area (Å²) in [6, 6.07) is 0.341. The third-order valence-corrected chi connectivity index (χ3v) is 3.33. The van der Waals surface area contributed by atoms with Gasteiger partial charge in [0.15, 0.2) is 0 Å². The van der Waals surface area contributed by atoms with Gasteiger partial charge in [-0.05, 0) is 33.2 Å². The van der Waals surface area contributed by atoms with Gasteiger partial charge in [-0.25, -0.2) is 0 Å². The van der Waals surface area contributed by atoms with Crippen LogP contribution < -0.4 is 16.0 Å². The summed E-state index contributed by atoms with van der Waals surface area (Å²) in [5.41, 5.74) is -0.0644. The van der Waals surface area contributed by atoms with Crippen LogP contribution in [0, 0.1) is 0 Å². The lowest BCUT2D eigenvalue weighted by molar-refractivity contribution is -0.122. The van der Waals surface area contributed by atoms with Gasteiger partial charge in [-0.3, -0.25) is 14.3 Å². The zero-order valence-electron chi connectivity index (χ0n) is 12.8. The van der Waals surface area contributed by atoms with Gasteiger partial charge >= 0.3 is 0 Å². The van der Waals surface area contributed by atoms with Crippen molar-refractivity contribution >= 4 is 17.5 Å². The van der Waals surface area contributed by atoms with E-state index in [0.717, 1.165) is 12.8 Å². The topological polar surface area (TPSA) is 88.1 Å². The van der Waals surface area contributed by atoms with Crippen LogP contribution in [0.3, 0.4) is 0 Å². The Balaban J connectivity index is 1.87. The molecular weight excluding hydrogens is 270 g/mol. The lowest BCUT2D eigenvalue weighted by Gasteiger charge is -2.23. The van der Waals surface area contributed by atoms with Gasteiger partial charge in [0.05, 0.1) is 17.4 Å². The molecule has 1 aliphatic rings. The Morgan fingerprint density at radius 1 is 1.43 bits per heavy atom. The smallest absolute Gasteiger partial charge is 0.244 e. The van der Waals surface area contributed by atoms with Crippen molar-refractivity contribution in [2.45, 2.75) is 51.7 Å². The van der Waals surface area contributed by atoms with Crippen LogP contribution in [0.25, 0.3) is 0 Å². The Hall–Kier alpha value is -1.89. The predicted molar refractivity (Wildman–Crippen MR) is 79.8 cm³/mol. The maximum atomic E-state index is 12.1. The number of carbonyl (C=O) groups is 2. The molecule has 1 aliphatic carbocycles. The highest BCUT2D eigenvalue weighted by Gasteiger charge is 2.26. The van der Waals surface area contributed by atoms with Crippen molar-refractivity contribution in [1.82, 2.24) is 20.4 Å². The average molecular weight is 293 g/mol. The molecule has 116 valence electrons. The minimum Gasteiger partial charge on any atom is -0.352 e. The van der Waals surface area contributed by atoms with Crippen molar-refractivity contribution in [3.8, 4) is 0 Å². The molecule has 0 unspecified atom stereocenters. The van der Waals surface area contributed by atoms with E-state index in [0.29, 0.717) is 18.3 Å². The molecule has 1 fully saturated rings. The lowest BCUT2D eigenvalue weighted by Crippen LogP contribution is -2.49. The van der Waals surface area contributed by atoms with Crippen LogP contribution in [-0.4, -0.2) is 39.7 Å². The molecule has 7 nitrogen and oxygen atoms in total. The summed E-state index contributed by atoms with van der Waals surface area (Å²) in [5, 5.41) is 12.9. The minimum atomic E-state index is -0.653. The van der Waals surface area contributed by atoms with Gasteiger partial charge in [0.2, 0.25) is 11.8 Å². The highest BCUT2D eigenvalue weighted by Crippen LogP contribution is 2.18. The Morgan fingerprint density at radius 2 is 2.14 bits per heavy atom. The Morgan fingerprint density at radius 3 is 2.76 bits per heavy atom. The molecule has 2 amide bonds. The van der Waals surface area contributed by atoms with Gasteiger partial charge in [0.1, 0.15) is 6.54 Å². The summed E-state index contributed by atoms with van der Waals surface area (Å²) >= 11 is 0. The van der Waals surface area contributed by atoms with E-state index >= 15 is 0 Å². The molecular formula is C14H23N5O2. The average Bonchev–Trinajstić information content (AvgIpc) is 3.09. The first-order chi connectivity index (χ1) is 9.90. The second kappa shape index (κ2) is 6.26. The van der Waals surface area contributed by atoms with E-state index in [9.17, 15) is 9.59 Å². The summed E-state index contributed by atoms with van der Waals surface area (Å²) in [4.78, 5) is 23.8. The van der Waals surface area contributed by atoms with Crippen molar-refractivity contribution in [2.75, 3.05) is 11.9 Å². The van der Waals surface area contributed by atoms with Gasteiger partial charge in [-0.2, -0.15) is 5.10 Å². The van der Waals surface area contributed by atoms with E-state index in [1.54, 1.807) is 12.4 Å². The second-order valence-corrected chi connectivity index (χ2v) is 5.88. The summed E-state index contributed by atoms with van der Waals surface area (Å²) in [5.74, 6) is -0.183. The highest BCUT2D eigenvalue weighted by atomic mass is 16.2. The summed E-state index contributed by atoms with van der Waals surface area (Å²) in [7, 11) is 0. The third-order valence-electron chi connectivity index (χ3n) is 3.33. The molecule has 1 aromatic rings. The monoisotopic (exact) mass is 293 g/mol. The molecule has 0 saturated heterocycles. The van der Waals surface area contributed by atoms with Crippen LogP contribution in [0.15, 0.2) is 12.4 Å². The molecule has 2 rings (SSSR count). The second-order valence-electron chi connectivity index (χ2n) is 5.88. The molecule has 0 atom stereocenters. The highest BCUT2D eigenvalue weighted by molar-refractivity contribution is 5.97. The SMILES string of the molecule is CCNC(C)(C)C(=O)Nc1cnn(CC(=O)NC2CC2)c1. The van der Waals surface area contributed by atoms with Gasteiger partial charge in [-0.15, -0.1) is 0 Å². The van der Waals surface area contributed by atoms with Crippen LogP contribution in [-0.2, 0) is 16.1 Å². The molecule has 0 spiro atoms. The predicted octanol–water partition coefficient (Wildman–Crippen LogP) is 0.488. The molecule has 0 radical (unpaired) electrons.